The van der Waals surface area contributed by atoms with Gasteiger partial charge < -0.3 is 0 Å². The molecule has 0 heteroatoms. The Morgan fingerprint density at radius 1 is 0.889 bits per heavy atom. The number of benzene rings is 2. The molecule has 0 nitrogen and oxygen atoms in total. The van der Waals surface area contributed by atoms with Gasteiger partial charge in [-0.2, -0.15) is 0 Å². The minimum Gasteiger partial charge on any atom is -0.0984 e. The van der Waals surface area contributed by atoms with Crippen LogP contribution in [0, 0.1) is 11.8 Å². The molecule has 0 atom stereocenters. The third-order valence-electron chi connectivity index (χ3n) is 2.55. The standard InChI is InChI=1S/C18H14/c1-2-17(18-13-7-4-8-14-18)15-9-12-16-10-5-3-6-11-16/h2-8,10-11,13-15H,1H2/b17-15+. The minimum atomic E-state index is 1.02. The normalized spacial score (nSPS) is 10.3. The van der Waals surface area contributed by atoms with E-state index in [-0.39, 0.29) is 0 Å². The smallest absolute Gasteiger partial charge is 0.0248 e. The van der Waals surface area contributed by atoms with Crippen LogP contribution < -0.4 is 0 Å². The topological polar surface area (TPSA) is 0 Å². The van der Waals surface area contributed by atoms with Crippen molar-refractivity contribution in [3.8, 4) is 11.8 Å². The fourth-order valence-corrected chi connectivity index (χ4v) is 1.61. The molecule has 0 bridgehead atoms. The molecule has 0 N–H and O–H groups in total. The Bertz CT molecular complexity index is 593. The van der Waals surface area contributed by atoms with Crippen molar-refractivity contribution in [3.63, 3.8) is 0 Å². The maximum atomic E-state index is 3.83. The zero-order valence-electron chi connectivity index (χ0n) is 10.1. The maximum absolute atomic E-state index is 3.83. The molecule has 0 fully saturated rings. The van der Waals surface area contributed by atoms with Gasteiger partial charge in [0.2, 0.25) is 0 Å². The Morgan fingerprint density at radius 3 is 2.11 bits per heavy atom. The first-order valence-electron chi connectivity index (χ1n) is 5.85. The van der Waals surface area contributed by atoms with E-state index in [1.54, 1.807) is 0 Å². The number of hydrogen-bond donors (Lipinski definition) is 0. The van der Waals surface area contributed by atoms with Crippen LogP contribution in [0.15, 0.2) is 79.4 Å². The van der Waals surface area contributed by atoms with Crippen molar-refractivity contribution >= 4 is 5.57 Å². The van der Waals surface area contributed by atoms with Crippen molar-refractivity contribution in [1.82, 2.24) is 0 Å². The van der Waals surface area contributed by atoms with Gasteiger partial charge in [-0.25, -0.2) is 0 Å². The predicted octanol–water partition coefficient (Wildman–Crippen LogP) is 4.31. The van der Waals surface area contributed by atoms with Gasteiger partial charge in [0.1, 0.15) is 0 Å². The molecule has 0 aliphatic heterocycles. The summed E-state index contributed by atoms with van der Waals surface area (Å²) in [6.07, 6.45) is 3.73. The minimum absolute atomic E-state index is 1.02. The van der Waals surface area contributed by atoms with Crippen molar-refractivity contribution in [2.75, 3.05) is 0 Å². The summed E-state index contributed by atoms with van der Waals surface area (Å²) in [7, 11) is 0. The van der Waals surface area contributed by atoms with Crippen LogP contribution in [-0.4, -0.2) is 0 Å². The average Bonchev–Trinajstić information content (AvgIpc) is 2.46. The van der Waals surface area contributed by atoms with E-state index in [0.717, 1.165) is 16.7 Å². The molecule has 0 aliphatic carbocycles. The van der Waals surface area contributed by atoms with Crippen molar-refractivity contribution in [1.29, 1.82) is 0 Å². The van der Waals surface area contributed by atoms with E-state index in [9.17, 15) is 0 Å². The van der Waals surface area contributed by atoms with Gasteiger partial charge in [-0.3, -0.25) is 0 Å². The summed E-state index contributed by atoms with van der Waals surface area (Å²) < 4.78 is 0. The lowest BCUT2D eigenvalue weighted by molar-refractivity contribution is 1.62. The van der Waals surface area contributed by atoms with Crippen LogP contribution in [-0.2, 0) is 0 Å². The van der Waals surface area contributed by atoms with E-state index in [1.807, 2.05) is 60.7 Å². The summed E-state index contributed by atoms with van der Waals surface area (Å²) in [6, 6.07) is 20.1. The first-order valence-corrected chi connectivity index (χ1v) is 5.85. The lowest BCUT2D eigenvalue weighted by Crippen LogP contribution is -1.78. The van der Waals surface area contributed by atoms with E-state index >= 15 is 0 Å². The average molecular weight is 230 g/mol. The summed E-state index contributed by atoms with van der Waals surface area (Å²) in [5, 5.41) is 0. The summed E-state index contributed by atoms with van der Waals surface area (Å²) in [5.74, 6) is 6.17. The summed E-state index contributed by atoms with van der Waals surface area (Å²) >= 11 is 0. The fourth-order valence-electron chi connectivity index (χ4n) is 1.61. The zero-order chi connectivity index (χ0) is 12.6. The van der Waals surface area contributed by atoms with Crippen LogP contribution in [0.4, 0.5) is 0 Å². The Labute approximate surface area is 108 Å². The van der Waals surface area contributed by atoms with Crippen LogP contribution >= 0.6 is 0 Å². The van der Waals surface area contributed by atoms with E-state index in [0.29, 0.717) is 0 Å². The molecular formula is C18H14. The summed E-state index contributed by atoms with van der Waals surface area (Å²) in [6.45, 7) is 3.83. The number of allylic oxidation sites excluding steroid dienone is 3. The monoisotopic (exact) mass is 230 g/mol. The highest BCUT2D eigenvalue weighted by Crippen LogP contribution is 2.13. The first-order chi connectivity index (χ1) is 8.90. The molecule has 0 spiro atoms. The number of hydrogen-bond acceptors (Lipinski definition) is 0. The van der Waals surface area contributed by atoms with Gasteiger partial charge in [0.15, 0.2) is 0 Å². The van der Waals surface area contributed by atoms with Crippen LogP contribution in [0.25, 0.3) is 5.57 Å². The lowest BCUT2D eigenvalue weighted by atomic mass is 10.1. The summed E-state index contributed by atoms with van der Waals surface area (Å²) in [4.78, 5) is 0. The van der Waals surface area contributed by atoms with Crippen LogP contribution in [0.3, 0.4) is 0 Å². The molecule has 0 saturated carbocycles. The molecule has 2 aromatic rings. The molecule has 0 saturated heterocycles. The van der Waals surface area contributed by atoms with Crippen molar-refractivity contribution in [2.45, 2.75) is 0 Å². The van der Waals surface area contributed by atoms with E-state index in [4.69, 9.17) is 0 Å². The van der Waals surface area contributed by atoms with E-state index < -0.39 is 0 Å². The Kier molecular flexibility index (Phi) is 4.16. The van der Waals surface area contributed by atoms with Crippen molar-refractivity contribution in [3.05, 3.63) is 90.5 Å². The Balaban J connectivity index is 2.23. The van der Waals surface area contributed by atoms with Gasteiger partial charge >= 0.3 is 0 Å². The van der Waals surface area contributed by atoms with Crippen LogP contribution in [0.5, 0.6) is 0 Å². The van der Waals surface area contributed by atoms with Crippen molar-refractivity contribution in [2.24, 2.45) is 0 Å². The number of rotatable bonds is 2. The molecule has 2 rings (SSSR count). The highest BCUT2D eigenvalue weighted by Gasteiger charge is 1.93. The Hall–Kier alpha value is -2.52. The molecule has 0 aromatic heterocycles. The van der Waals surface area contributed by atoms with Gasteiger partial charge in [0.25, 0.3) is 0 Å². The molecule has 0 radical (unpaired) electrons. The zero-order valence-corrected chi connectivity index (χ0v) is 10.1. The molecular weight excluding hydrogens is 216 g/mol. The molecule has 86 valence electrons. The maximum Gasteiger partial charge on any atom is 0.0248 e. The van der Waals surface area contributed by atoms with Gasteiger partial charge in [0.05, 0.1) is 0 Å². The van der Waals surface area contributed by atoms with Gasteiger partial charge in [-0.1, -0.05) is 73.0 Å². The molecule has 2 aromatic carbocycles. The third-order valence-corrected chi connectivity index (χ3v) is 2.55. The van der Waals surface area contributed by atoms with E-state index in [2.05, 4.69) is 30.6 Å². The molecule has 0 heterocycles. The van der Waals surface area contributed by atoms with Crippen molar-refractivity contribution < 1.29 is 0 Å². The summed E-state index contributed by atoms with van der Waals surface area (Å²) in [5.41, 5.74) is 3.19. The molecule has 18 heavy (non-hydrogen) atoms. The second-order valence-corrected chi connectivity index (χ2v) is 3.81. The Morgan fingerprint density at radius 2 is 1.50 bits per heavy atom. The molecule has 0 amide bonds. The molecule has 0 aliphatic rings. The quantitative estimate of drug-likeness (QED) is 0.533. The lowest BCUT2D eigenvalue weighted by Gasteiger charge is -1.98. The third kappa shape index (κ3) is 3.23. The second-order valence-electron chi connectivity index (χ2n) is 3.81. The van der Waals surface area contributed by atoms with E-state index in [1.165, 1.54) is 0 Å². The first kappa shape index (κ1) is 12.0. The largest absolute Gasteiger partial charge is 0.0984 e. The highest BCUT2D eigenvalue weighted by atomic mass is 14.0. The molecule has 0 unspecified atom stereocenters. The highest BCUT2D eigenvalue weighted by molar-refractivity contribution is 5.75. The SMILES string of the molecule is C=C/C(=C\C#Cc1ccccc1)c1ccccc1. The van der Waals surface area contributed by atoms with Gasteiger partial charge in [0, 0.05) is 5.56 Å². The van der Waals surface area contributed by atoms with Crippen LogP contribution in [0.1, 0.15) is 11.1 Å². The van der Waals surface area contributed by atoms with Crippen LogP contribution in [0.2, 0.25) is 0 Å². The van der Waals surface area contributed by atoms with Gasteiger partial charge in [-0.15, -0.1) is 0 Å². The fraction of sp³-hybridized carbons (Fsp3) is 0. The van der Waals surface area contributed by atoms with Gasteiger partial charge in [-0.05, 0) is 29.3 Å². The second kappa shape index (κ2) is 6.27. The predicted molar refractivity (Wildman–Crippen MR) is 77.9 cm³/mol.